The lowest BCUT2D eigenvalue weighted by Crippen LogP contribution is -1.66. The van der Waals surface area contributed by atoms with Gasteiger partial charge < -0.3 is 0 Å². The number of rotatable bonds is 1. The predicted molar refractivity (Wildman–Crippen MR) is 48.4 cm³/mol. The lowest BCUT2D eigenvalue weighted by Gasteiger charge is -1.90. The van der Waals surface area contributed by atoms with E-state index in [2.05, 4.69) is 15.0 Å². The highest BCUT2D eigenvalue weighted by molar-refractivity contribution is 7.16. The minimum absolute atomic E-state index is 0.594. The van der Waals surface area contributed by atoms with E-state index in [0.29, 0.717) is 5.69 Å². The van der Waals surface area contributed by atoms with Crippen LogP contribution in [-0.2, 0) is 0 Å². The molecule has 0 N–H and O–H groups in total. The smallest absolute Gasteiger partial charge is 0.0907 e. The quantitative estimate of drug-likeness (QED) is 0.373. The molecule has 0 unspecified atom stereocenters. The Kier molecular flexibility index (Phi) is 1.66. The van der Waals surface area contributed by atoms with E-state index >= 15 is 0 Å². The SMILES string of the molecule is [N-]=[N+]=Nc1cccc2scnc12. The normalized spacial score (nSPS) is 9.67. The van der Waals surface area contributed by atoms with Crippen LogP contribution in [0.3, 0.4) is 0 Å². The molecule has 58 valence electrons. The number of hydrogen-bond acceptors (Lipinski definition) is 3. The summed E-state index contributed by atoms with van der Waals surface area (Å²) in [6.07, 6.45) is 0. The van der Waals surface area contributed by atoms with E-state index in [1.165, 1.54) is 11.3 Å². The molecule has 2 aromatic rings. The Morgan fingerprint density at radius 2 is 2.42 bits per heavy atom. The molecule has 5 heteroatoms. The monoisotopic (exact) mass is 176 g/mol. The Balaban J connectivity index is 2.81. The molecule has 12 heavy (non-hydrogen) atoms. The Hall–Kier alpha value is -1.58. The summed E-state index contributed by atoms with van der Waals surface area (Å²) in [5.41, 5.74) is 11.4. The van der Waals surface area contributed by atoms with Gasteiger partial charge in [0.25, 0.3) is 0 Å². The van der Waals surface area contributed by atoms with Crippen LogP contribution in [0.5, 0.6) is 0 Å². The highest BCUT2D eigenvalue weighted by Crippen LogP contribution is 2.26. The second kappa shape index (κ2) is 2.81. The van der Waals surface area contributed by atoms with Gasteiger partial charge in [-0.25, -0.2) is 4.98 Å². The zero-order chi connectivity index (χ0) is 8.39. The number of aromatic nitrogens is 1. The molecule has 1 aromatic heterocycles. The molecule has 0 saturated carbocycles. The summed E-state index contributed by atoms with van der Waals surface area (Å²) in [6.45, 7) is 0. The number of benzene rings is 1. The minimum Gasteiger partial charge on any atom is -0.244 e. The number of nitrogens with zero attached hydrogens (tertiary/aromatic N) is 4. The number of thiazole rings is 1. The second-order valence-corrected chi connectivity index (χ2v) is 3.05. The third-order valence-corrected chi connectivity index (χ3v) is 2.29. The predicted octanol–water partition coefficient (Wildman–Crippen LogP) is 3.24. The molecule has 0 aliphatic heterocycles. The first kappa shape index (κ1) is 7.09. The Morgan fingerprint density at radius 1 is 1.50 bits per heavy atom. The number of para-hydroxylation sites is 1. The van der Waals surface area contributed by atoms with Gasteiger partial charge >= 0.3 is 0 Å². The van der Waals surface area contributed by atoms with Crippen molar-refractivity contribution in [2.75, 3.05) is 0 Å². The first-order chi connectivity index (χ1) is 5.92. The van der Waals surface area contributed by atoms with E-state index < -0.39 is 0 Å². The molecule has 0 aliphatic rings. The largest absolute Gasteiger partial charge is 0.244 e. The molecule has 0 fully saturated rings. The van der Waals surface area contributed by atoms with Crippen LogP contribution in [-0.4, -0.2) is 4.98 Å². The standard InChI is InChI=1S/C7H4N4S/c8-11-10-5-2-1-3-6-7(5)9-4-12-6/h1-4H. The van der Waals surface area contributed by atoms with Crippen LogP contribution >= 0.6 is 11.3 Å². The van der Waals surface area contributed by atoms with Crippen LogP contribution in [0.2, 0.25) is 0 Å². The molecule has 0 radical (unpaired) electrons. The van der Waals surface area contributed by atoms with Crippen molar-refractivity contribution in [1.82, 2.24) is 4.98 Å². The van der Waals surface area contributed by atoms with Gasteiger partial charge in [-0.3, -0.25) is 0 Å². The maximum absolute atomic E-state index is 8.25. The Morgan fingerprint density at radius 3 is 3.25 bits per heavy atom. The van der Waals surface area contributed by atoms with E-state index in [1.807, 2.05) is 12.1 Å². The zero-order valence-corrected chi connectivity index (χ0v) is 6.82. The topological polar surface area (TPSA) is 61.7 Å². The van der Waals surface area contributed by atoms with Crippen LogP contribution in [0.4, 0.5) is 5.69 Å². The highest BCUT2D eigenvalue weighted by Gasteiger charge is 1.99. The third-order valence-electron chi connectivity index (χ3n) is 1.49. The maximum atomic E-state index is 8.25. The molecule has 1 heterocycles. The van der Waals surface area contributed by atoms with Crippen LogP contribution in [0, 0.1) is 0 Å². The van der Waals surface area contributed by atoms with Crippen molar-refractivity contribution in [3.8, 4) is 0 Å². The fourth-order valence-corrected chi connectivity index (χ4v) is 1.70. The summed E-state index contributed by atoms with van der Waals surface area (Å²) in [4.78, 5) is 6.82. The molecule has 0 amide bonds. The zero-order valence-electron chi connectivity index (χ0n) is 6.01. The Labute approximate surface area is 72.1 Å². The van der Waals surface area contributed by atoms with Crippen LogP contribution < -0.4 is 0 Å². The molecule has 1 aromatic carbocycles. The van der Waals surface area contributed by atoms with Gasteiger partial charge in [0.1, 0.15) is 0 Å². The summed E-state index contributed by atoms with van der Waals surface area (Å²) < 4.78 is 1.04. The average Bonchev–Trinajstić information content (AvgIpc) is 2.53. The summed E-state index contributed by atoms with van der Waals surface area (Å²) in [7, 11) is 0. The van der Waals surface area contributed by atoms with Crippen molar-refractivity contribution >= 4 is 27.2 Å². The van der Waals surface area contributed by atoms with Gasteiger partial charge in [0, 0.05) is 4.91 Å². The molecule has 0 saturated heterocycles. The van der Waals surface area contributed by atoms with Gasteiger partial charge in [0.05, 0.1) is 21.4 Å². The fourth-order valence-electron chi connectivity index (χ4n) is 1.00. The van der Waals surface area contributed by atoms with Crippen molar-refractivity contribution in [1.29, 1.82) is 0 Å². The number of azide groups is 1. The molecule has 2 rings (SSSR count). The van der Waals surface area contributed by atoms with Crippen molar-refractivity contribution in [2.45, 2.75) is 0 Å². The van der Waals surface area contributed by atoms with E-state index in [4.69, 9.17) is 5.53 Å². The lowest BCUT2D eigenvalue weighted by atomic mass is 10.3. The average molecular weight is 176 g/mol. The fraction of sp³-hybridized carbons (Fsp3) is 0. The molecule has 0 spiro atoms. The first-order valence-corrected chi connectivity index (χ1v) is 4.17. The van der Waals surface area contributed by atoms with Crippen molar-refractivity contribution < 1.29 is 0 Å². The van der Waals surface area contributed by atoms with E-state index in [-0.39, 0.29) is 0 Å². The molecular formula is C7H4N4S. The molecule has 4 nitrogen and oxygen atoms in total. The summed E-state index contributed by atoms with van der Waals surface area (Å²) >= 11 is 1.53. The molecule has 0 atom stereocenters. The van der Waals surface area contributed by atoms with Crippen molar-refractivity contribution in [3.63, 3.8) is 0 Å². The van der Waals surface area contributed by atoms with Crippen LogP contribution in [0.15, 0.2) is 28.8 Å². The highest BCUT2D eigenvalue weighted by atomic mass is 32.1. The van der Waals surface area contributed by atoms with Gasteiger partial charge in [-0.05, 0) is 11.6 Å². The van der Waals surface area contributed by atoms with Gasteiger partial charge in [-0.15, -0.1) is 11.3 Å². The minimum atomic E-state index is 0.594. The van der Waals surface area contributed by atoms with Gasteiger partial charge in [0.15, 0.2) is 0 Å². The third kappa shape index (κ3) is 1.01. The second-order valence-electron chi connectivity index (χ2n) is 2.17. The summed E-state index contributed by atoms with van der Waals surface area (Å²) in [5.74, 6) is 0. The van der Waals surface area contributed by atoms with Crippen molar-refractivity contribution in [2.24, 2.45) is 5.11 Å². The van der Waals surface area contributed by atoms with E-state index in [0.717, 1.165) is 10.2 Å². The summed E-state index contributed by atoms with van der Waals surface area (Å²) in [6, 6.07) is 5.55. The molecule has 0 aliphatic carbocycles. The lowest BCUT2D eigenvalue weighted by molar-refractivity contribution is 1.44. The van der Waals surface area contributed by atoms with Gasteiger partial charge in [-0.1, -0.05) is 17.2 Å². The first-order valence-electron chi connectivity index (χ1n) is 3.29. The maximum Gasteiger partial charge on any atom is 0.0907 e. The van der Waals surface area contributed by atoms with E-state index in [1.54, 1.807) is 11.6 Å². The number of fused-ring (bicyclic) bond motifs is 1. The molecular weight excluding hydrogens is 172 g/mol. The Bertz CT molecular complexity index is 455. The van der Waals surface area contributed by atoms with Crippen LogP contribution in [0.1, 0.15) is 0 Å². The van der Waals surface area contributed by atoms with Crippen LogP contribution in [0.25, 0.3) is 20.7 Å². The van der Waals surface area contributed by atoms with Crippen molar-refractivity contribution in [3.05, 3.63) is 34.2 Å². The van der Waals surface area contributed by atoms with E-state index in [9.17, 15) is 0 Å². The number of hydrogen-bond donors (Lipinski definition) is 0. The van der Waals surface area contributed by atoms with Gasteiger partial charge in [0.2, 0.25) is 0 Å². The molecule has 0 bridgehead atoms. The summed E-state index contributed by atoms with van der Waals surface area (Å²) in [5, 5.41) is 3.53. The van der Waals surface area contributed by atoms with Gasteiger partial charge in [-0.2, -0.15) is 0 Å².